The lowest BCUT2D eigenvalue weighted by atomic mass is 9.87. The molecule has 0 saturated heterocycles. The van der Waals surface area contributed by atoms with Crippen molar-refractivity contribution in [2.24, 2.45) is 7.05 Å². The van der Waals surface area contributed by atoms with Crippen LogP contribution in [0.15, 0.2) is 35.0 Å². The zero-order valence-electron chi connectivity index (χ0n) is 14.3. The molecule has 0 fully saturated rings. The van der Waals surface area contributed by atoms with Gasteiger partial charge < -0.3 is 4.52 Å². The highest BCUT2D eigenvalue weighted by atomic mass is 16.5. The Hall–Kier alpha value is -2.43. The van der Waals surface area contributed by atoms with Crippen molar-refractivity contribution in [2.45, 2.75) is 39.5 Å². The van der Waals surface area contributed by atoms with Crippen LogP contribution >= 0.6 is 0 Å². The summed E-state index contributed by atoms with van der Waals surface area (Å²) in [6.07, 6.45) is 2.64. The summed E-state index contributed by atoms with van der Waals surface area (Å²) in [7, 11) is 1.92. The van der Waals surface area contributed by atoms with Crippen molar-refractivity contribution in [3.05, 3.63) is 41.7 Å². The average Bonchev–Trinajstić information content (AvgIpc) is 3.12. The van der Waals surface area contributed by atoms with Crippen LogP contribution < -0.4 is 0 Å². The van der Waals surface area contributed by atoms with Crippen LogP contribution in [0.4, 0.5) is 0 Å². The minimum Gasteiger partial charge on any atom is -0.333 e. The maximum absolute atomic E-state index is 5.44. The molecule has 0 spiro atoms. The number of hydrogen-bond donors (Lipinski definition) is 0. The molecule has 3 aromatic rings. The van der Waals surface area contributed by atoms with Gasteiger partial charge in [0.2, 0.25) is 5.82 Å². The van der Waals surface area contributed by atoms with Gasteiger partial charge >= 0.3 is 0 Å². The molecule has 2 aromatic heterocycles. The molecule has 0 saturated carbocycles. The molecular formula is C18H22N4O. The molecule has 23 heavy (non-hydrogen) atoms. The van der Waals surface area contributed by atoms with Crippen molar-refractivity contribution in [3.63, 3.8) is 0 Å². The summed E-state index contributed by atoms with van der Waals surface area (Å²) >= 11 is 0. The van der Waals surface area contributed by atoms with Gasteiger partial charge in [-0.1, -0.05) is 57.1 Å². The van der Waals surface area contributed by atoms with Gasteiger partial charge in [-0.05, 0) is 17.4 Å². The fourth-order valence-electron chi connectivity index (χ4n) is 2.63. The molecule has 5 nitrogen and oxygen atoms in total. The minimum atomic E-state index is 0.132. The van der Waals surface area contributed by atoms with Gasteiger partial charge in [0, 0.05) is 12.6 Å². The largest absolute Gasteiger partial charge is 0.333 e. The standard InChI is InChI=1S/C18H22N4O/c1-6-15-14(11-19-22(15)5)17-20-16(21-23-17)12-7-9-13(10-8-12)18(2,3)4/h7-11H,6H2,1-5H3. The third-order valence-corrected chi connectivity index (χ3v) is 4.06. The molecule has 0 aliphatic heterocycles. The maximum Gasteiger partial charge on any atom is 0.261 e. The Morgan fingerprint density at radius 3 is 2.43 bits per heavy atom. The maximum atomic E-state index is 5.44. The van der Waals surface area contributed by atoms with Crippen molar-refractivity contribution in [1.29, 1.82) is 0 Å². The van der Waals surface area contributed by atoms with E-state index in [1.807, 2.05) is 23.9 Å². The zero-order valence-corrected chi connectivity index (χ0v) is 14.3. The minimum absolute atomic E-state index is 0.132. The number of aryl methyl sites for hydroxylation is 1. The second-order valence-corrected chi connectivity index (χ2v) is 6.73. The van der Waals surface area contributed by atoms with Gasteiger partial charge in [0.05, 0.1) is 17.5 Å². The van der Waals surface area contributed by atoms with Crippen LogP contribution in [0, 0.1) is 0 Å². The quantitative estimate of drug-likeness (QED) is 0.734. The number of hydrogen-bond acceptors (Lipinski definition) is 4. The summed E-state index contributed by atoms with van der Waals surface area (Å²) in [5.41, 5.74) is 4.36. The first kappa shape index (κ1) is 15.5. The Morgan fingerprint density at radius 1 is 1.13 bits per heavy atom. The number of benzene rings is 1. The summed E-state index contributed by atoms with van der Waals surface area (Å²) < 4.78 is 7.29. The SMILES string of the molecule is CCc1c(-c2nc(-c3ccc(C(C)(C)C)cc3)no2)cnn1C. The monoisotopic (exact) mass is 310 g/mol. The van der Waals surface area contributed by atoms with Crippen LogP contribution in [-0.4, -0.2) is 19.9 Å². The molecule has 0 bridgehead atoms. The normalized spacial score (nSPS) is 11.9. The number of rotatable bonds is 3. The topological polar surface area (TPSA) is 56.7 Å². The van der Waals surface area contributed by atoms with E-state index in [2.05, 4.69) is 55.1 Å². The van der Waals surface area contributed by atoms with E-state index in [9.17, 15) is 0 Å². The lowest BCUT2D eigenvalue weighted by Crippen LogP contribution is -2.10. The zero-order chi connectivity index (χ0) is 16.6. The Morgan fingerprint density at radius 2 is 1.83 bits per heavy atom. The predicted octanol–water partition coefficient (Wildman–Crippen LogP) is 4.00. The van der Waals surface area contributed by atoms with Gasteiger partial charge in [-0.15, -0.1) is 0 Å². The highest BCUT2D eigenvalue weighted by Crippen LogP contribution is 2.27. The molecule has 120 valence electrons. The molecule has 1 aromatic carbocycles. The van der Waals surface area contributed by atoms with Crippen molar-refractivity contribution < 1.29 is 4.52 Å². The van der Waals surface area contributed by atoms with Gasteiger partial charge in [-0.2, -0.15) is 10.1 Å². The van der Waals surface area contributed by atoms with E-state index in [0.29, 0.717) is 11.7 Å². The van der Waals surface area contributed by atoms with Crippen LogP contribution in [0.25, 0.3) is 22.8 Å². The van der Waals surface area contributed by atoms with E-state index in [-0.39, 0.29) is 5.41 Å². The Bertz CT molecular complexity index is 806. The van der Waals surface area contributed by atoms with Crippen LogP contribution in [-0.2, 0) is 18.9 Å². The van der Waals surface area contributed by atoms with E-state index >= 15 is 0 Å². The van der Waals surface area contributed by atoms with E-state index in [1.165, 1.54) is 5.56 Å². The lowest BCUT2D eigenvalue weighted by Gasteiger charge is -2.18. The van der Waals surface area contributed by atoms with Crippen molar-refractivity contribution >= 4 is 0 Å². The molecule has 2 heterocycles. The summed E-state index contributed by atoms with van der Waals surface area (Å²) in [6, 6.07) is 8.32. The predicted molar refractivity (Wildman–Crippen MR) is 90.0 cm³/mol. The van der Waals surface area contributed by atoms with Gasteiger partial charge in [0.25, 0.3) is 5.89 Å². The van der Waals surface area contributed by atoms with Crippen LogP contribution in [0.2, 0.25) is 0 Å². The first-order valence-corrected chi connectivity index (χ1v) is 7.86. The van der Waals surface area contributed by atoms with Crippen LogP contribution in [0.5, 0.6) is 0 Å². The Kier molecular flexibility index (Phi) is 3.80. The second kappa shape index (κ2) is 5.65. The first-order chi connectivity index (χ1) is 10.9. The molecule has 0 atom stereocenters. The molecule has 0 aliphatic carbocycles. The van der Waals surface area contributed by atoms with Crippen LogP contribution in [0.3, 0.4) is 0 Å². The fourth-order valence-corrected chi connectivity index (χ4v) is 2.63. The van der Waals surface area contributed by atoms with Gasteiger partial charge in [0.15, 0.2) is 0 Å². The lowest BCUT2D eigenvalue weighted by molar-refractivity contribution is 0.432. The molecule has 0 amide bonds. The van der Waals surface area contributed by atoms with E-state index in [4.69, 9.17) is 4.52 Å². The average molecular weight is 310 g/mol. The molecule has 0 N–H and O–H groups in total. The second-order valence-electron chi connectivity index (χ2n) is 6.73. The third-order valence-electron chi connectivity index (χ3n) is 4.06. The third kappa shape index (κ3) is 2.91. The van der Waals surface area contributed by atoms with Crippen molar-refractivity contribution in [1.82, 2.24) is 19.9 Å². The molecule has 0 aliphatic rings. The van der Waals surface area contributed by atoms with E-state index in [0.717, 1.165) is 23.2 Å². The van der Waals surface area contributed by atoms with E-state index in [1.54, 1.807) is 6.20 Å². The summed E-state index contributed by atoms with van der Waals surface area (Å²) in [6.45, 7) is 8.68. The fraction of sp³-hybridized carbons (Fsp3) is 0.389. The number of nitrogens with zero attached hydrogens (tertiary/aromatic N) is 4. The summed E-state index contributed by atoms with van der Waals surface area (Å²) in [5, 5.41) is 8.39. The van der Waals surface area contributed by atoms with Gasteiger partial charge in [-0.3, -0.25) is 4.68 Å². The van der Waals surface area contributed by atoms with Gasteiger partial charge in [0.1, 0.15) is 0 Å². The summed E-state index contributed by atoms with van der Waals surface area (Å²) in [4.78, 5) is 4.53. The first-order valence-electron chi connectivity index (χ1n) is 7.86. The summed E-state index contributed by atoms with van der Waals surface area (Å²) in [5.74, 6) is 1.12. The highest BCUT2D eigenvalue weighted by molar-refractivity contribution is 5.61. The van der Waals surface area contributed by atoms with Crippen LogP contribution in [0.1, 0.15) is 39.0 Å². The highest BCUT2D eigenvalue weighted by Gasteiger charge is 2.17. The molecule has 0 radical (unpaired) electrons. The van der Waals surface area contributed by atoms with Crippen molar-refractivity contribution in [2.75, 3.05) is 0 Å². The number of aromatic nitrogens is 4. The van der Waals surface area contributed by atoms with Crippen molar-refractivity contribution in [3.8, 4) is 22.8 Å². The smallest absolute Gasteiger partial charge is 0.261 e. The molecule has 3 rings (SSSR count). The Balaban J connectivity index is 1.93. The van der Waals surface area contributed by atoms with E-state index < -0.39 is 0 Å². The molecule has 5 heteroatoms. The molecular weight excluding hydrogens is 288 g/mol. The van der Waals surface area contributed by atoms with Gasteiger partial charge in [-0.25, -0.2) is 0 Å². The Labute approximate surface area is 136 Å². The molecule has 0 unspecified atom stereocenters.